The van der Waals surface area contributed by atoms with Crippen molar-refractivity contribution >= 4 is 36.3 Å². The lowest BCUT2D eigenvalue weighted by molar-refractivity contribution is -0.143. The highest BCUT2D eigenvalue weighted by atomic mass is 32.1. The number of hydrogen-bond donors (Lipinski definition) is 8. The maximum absolute atomic E-state index is 12.2. The van der Waals surface area contributed by atoms with Crippen LogP contribution in [-0.2, 0) is 19.2 Å². The molecule has 5 unspecified atom stereocenters. The molecule has 27 heavy (non-hydrogen) atoms. The molecule has 0 aliphatic rings. The molecule has 156 valence electrons. The van der Waals surface area contributed by atoms with Gasteiger partial charge in [-0.05, 0) is 12.8 Å². The molecule has 3 amide bonds. The third kappa shape index (κ3) is 8.12. The van der Waals surface area contributed by atoms with Crippen LogP contribution in [0.25, 0.3) is 0 Å². The molecular weight excluding hydrogens is 380 g/mol. The summed E-state index contributed by atoms with van der Waals surface area (Å²) in [5.41, 5.74) is 5.44. The number of aliphatic hydroxyl groups excluding tert-OH is 2. The van der Waals surface area contributed by atoms with E-state index < -0.39 is 66.5 Å². The highest BCUT2D eigenvalue weighted by Gasteiger charge is 2.30. The second kappa shape index (κ2) is 11.7. The van der Waals surface area contributed by atoms with Crippen LogP contribution in [0.2, 0.25) is 0 Å². The van der Waals surface area contributed by atoms with Gasteiger partial charge in [-0.2, -0.15) is 12.6 Å². The number of amides is 3. The van der Waals surface area contributed by atoms with Crippen molar-refractivity contribution in [3.05, 3.63) is 0 Å². The second-order valence-corrected chi connectivity index (χ2v) is 6.69. The molecule has 0 saturated heterocycles. The fraction of sp³-hybridized carbons (Fsp3) is 0.733. The molecular formula is C15H28N4O7S. The minimum absolute atomic E-state index is 0.151. The van der Waals surface area contributed by atoms with Crippen LogP contribution in [0.15, 0.2) is 0 Å². The topological polar surface area (TPSA) is 191 Å². The third-order valence-electron chi connectivity index (χ3n) is 3.68. The zero-order valence-corrected chi connectivity index (χ0v) is 16.3. The van der Waals surface area contributed by atoms with E-state index >= 15 is 0 Å². The molecule has 0 saturated carbocycles. The maximum Gasteiger partial charge on any atom is 0.326 e. The highest BCUT2D eigenvalue weighted by Crippen LogP contribution is 2.03. The highest BCUT2D eigenvalue weighted by molar-refractivity contribution is 7.80. The van der Waals surface area contributed by atoms with Gasteiger partial charge in [0.05, 0.1) is 12.7 Å². The van der Waals surface area contributed by atoms with E-state index in [1.54, 1.807) is 13.8 Å². The minimum Gasteiger partial charge on any atom is -0.480 e. The fourth-order valence-corrected chi connectivity index (χ4v) is 2.17. The summed E-state index contributed by atoms with van der Waals surface area (Å²) in [6, 6.07) is -5.08. The Kier molecular flexibility index (Phi) is 10.9. The molecule has 0 aromatic rings. The van der Waals surface area contributed by atoms with E-state index in [4.69, 9.17) is 10.8 Å². The number of hydrogen-bond acceptors (Lipinski definition) is 8. The first-order valence-electron chi connectivity index (χ1n) is 8.25. The van der Waals surface area contributed by atoms with Crippen LogP contribution in [0.4, 0.5) is 0 Å². The van der Waals surface area contributed by atoms with Crippen LogP contribution in [0, 0.1) is 5.92 Å². The Hall–Kier alpha value is -1.89. The van der Waals surface area contributed by atoms with Crippen LogP contribution < -0.4 is 21.7 Å². The van der Waals surface area contributed by atoms with Crippen molar-refractivity contribution in [1.82, 2.24) is 16.0 Å². The SMILES string of the molecule is CC(C)C(NC(=O)C(CS)NC(=O)C(CO)NC(=O)C(N)C(C)O)C(=O)O. The molecule has 11 nitrogen and oxygen atoms in total. The number of aliphatic hydroxyl groups is 2. The molecule has 0 aromatic heterocycles. The van der Waals surface area contributed by atoms with E-state index in [-0.39, 0.29) is 5.75 Å². The fourth-order valence-electron chi connectivity index (χ4n) is 1.91. The van der Waals surface area contributed by atoms with Crippen LogP contribution in [-0.4, -0.2) is 81.6 Å². The molecule has 0 aromatic carbocycles. The molecule has 0 heterocycles. The molecule has 0 rings (SSSR count). The van der Waals surface area contributed by atoms with Crippen molar-refractivity contribution in [3.8, 4) is 0 Å². The molecule has 0 aliphatic carbocycles. The van der Waals surface area contributed by atoms with Gasteiger partial charge >= 0.3 is 5.97 Å². The number of carbonyl (C=O) groups is 4. The Balaban J connectivity index is 5.00. The van der Waals surface area contributed by atoms with Gasteiger partial charge in [0.2, 0.25) is 17.7 Å². The summed E-state index contributed by atoms with van der Waals surface area (Å²) in [5.74, 6) is -4.31. The van der Waals surface area contributed by atoms with Gasteiger partial charge in [0, 0.05) is 5.75 Å². The second-order valence-electron chi connectivity index (χ2n) is 6.32. The quantitative estimate of drug-likeness (QED) is 0.164. The third-order valence-corrected chi connectivity index (χ3v) is 4.05. The van der Waals surface area contributed by atoms with Gasteiger partial charge in [0.15, 0.2) is 0 Å². The van der Waals surface area contributed by atoms with Gasteiger partial charge in [-0.15, -0.1) is 0 Å². The van der Waals surface area contributed by atoms with E-state index in [9.17, 15) is 29.4 Å². The maximum atomic E-state index is 12.2. The standard InChI is InChI=1S/C15H28N4O7S/c1-6(2)11(15(25)26)19-13(23)9(5-27)18-12(22)8(4-20)17-14(24)10(16)7(3)21/h6-11,20-21,27H,4-5,16H2,1-3H3,(H,17,24)(H,18,22)(H,19,23)(H,25,26). The first-order chi connectivity index (χ1) is 12.5. The van der Waals surface area contributed by atoms with Crippen molar-refractivity contribution < 1.29 is 34.5 Å². The smallest absolute Gasteiger partial charge is 0.326 e. The van der Waals surface area contributed by atoms with Crippen molar-refractivity contribution in [3.63, 3.8) is 0 Å². The zero-order valence-electron chi connectivity index (χ0n) is 15.4. The number of aliphatic carboxylic acids is 1. The Morgan fingerprint density at radius 3 is 1.81 bits per heavy atom. The summed E-state index contributed by atoms with van der Waals surface area (Å²) in [7, 11) is 0. The molecule has 0 fully saturated rings. The van der Waals surface area contributed by atoms with E-state index in [1.807, 2.05) is 0 Å². The summed E-state index contributed by atoms with van der Waals surface area (Å²) in [5, 5.41) is 34.4. The Morgan fingerprint density at radius 2 is 1.44 bits per heavy atom. The number of nitrogens with two attached hydrogens (primary N) is 1. The van der Waals surface area contributed by atoms with Crippen LogP contribution in [0.5, 0.6) is 0 Å². The average molecular weight is 408 g/mol. The Labute approximate surface area is 162 Å². The summed E-state index contributed by atoms with van der Waals surface area (Å²) < 4.78 is 0. The lowest BCUT2D eigenvalue weighted by Gasteiger charge is -2.24. The molecule has 5 atom stereocenters. The first kappa shape index (κ1) is 25.1. The van der Waals surface area contributed by atoms with Crippen molar-refractivity contribution in [2.75, 3.05) is 12.4 Å². The van der Waals surface area contributed by atoms with Crippen molar-refractivity contribution in [2.24, 2.45) is 11.7 Å². The number of carboxylic acid groups (broad SMARTS) is 1. The average Bonchev–Trinajstić information content (AvgIpc) is 2.59. The zero-order chi connectivity index (χ0) is 21.3. The van der Waals surface area contributed by atoms with E-state index in [1.165, 1.54) is 6.92 Å². The van der Waals surface area contributed by atoms with E-state index in [0.717, 1.165) is 0 Å². The molecule has 0 spiro atoms. The predicted molar refractivity (Wildman–Crippen MR) is 98.9 cm³/mol. The summed E-state index contributed by atoms with van der Waals surface area (Å²) in [6.07, 6.45) is -1.17. The predicted octanol–water partition coefficient (Wildman–Crippen LogP) is -3.19. The van der Waals surface area contributed by atoms with Crippen molar-refractivity contribution in [2.45, 2.75) is 51.0 Å². The van der Waals surface area contributed by atoms with Crippen molar-refractivity contribution in [1.29, 1.82) is 0 Å². The van der Waals surface area contributed by atoms with E-state index in [2.05, 4.69) is 28.6 Å². The number of carbonyl (C=O) groups excluding carboxylic acids is 3. The summed E-state index contributed by atoms with van der Waals surface area (Å²) in [6.45, 7) is 3.72. The van der Waals surface area contributed by atoms with Gasteiger partial charge in [-0.25, -0.2) is 4.79 Å². The lowest BCUT2D eigenvalue weighted by atomic mass is 10.0. The van der Waals surface area contributed by atoms with Crippen LogP contribution in [0.1, 0.15) is 20.8 Å². The van der Waals surface area contributed by atoms with Gasteiger partial charge in [-0.3, -0.25) is 14.4 Å². The monoisotopic (exact) mass is 408 g/mol. The van der Waals surface area contributed by atoms with Gasteiger partial charge in [0.25, 0.3) is 0 Å². The van der Waals surface area contributed by atoms with E-state index in [0.29, 0.717) is 0 Å². The number of rotatable bonds is 11. The molecule has 8 N–H and O–H groups in total. The molecule has 0 radical (unpaired) electrons. The first-order valence-corrected chi connectivity index (χ1v) is 8.88. The molecule has 12 heteroatoms. The Bertz CT molecular complexity index is 544. The summed E-state index contributed by atoms with van der Waals surface area (Å²) in [4.78, 5) is 47.4. The van der Waals surface area contributed by atoms with Gasteiger partial charge < -0.3 is 37.0 Å². The minimum atomic E-state index is -1.42. The summed E-state index contributed by atoms with van der Waals surface area (Å²) >= 11 is 3.96. The van der Waals surface area contributed by atoms with Gasteiger partial charge in [-0.1, -0.05) is 13.8 Å². The molecule has 0 aliphatic heterocycles. The van der Waals surface area contributed by atoms with Gasteiger partial charge in [0.1, 0.15) is 24.2 Å². The number of thiol groups is 1. The molecule has 0 bridgehead atoms. The lowest BCUT2D eigenvalue weighted by Crippen LogP contribution is -2.59. The van der Waals surface area contributed by atoms with Crippen LogP contribution in [0.3, 0.4) is 0 Å². The normalized spacial score (nSPS) is 16.6. The number of nitrogens with one attached hydrogen (secondary N) is 3. The largest absolute Gasteiger partial charge is 0.480 e. The number of carboxylic acids is 1. The Morgan fingerprint density at radius 1 is 0.963 bits per heavy atom. The van der Waals surface area contributed by atoms with Crippen LogP contribution >= 0.6 is 12.6 Å².